The van der Waals surface area contributed by atoms with Gasteiger partial charge in [-0.25, -0.2) is 0 Å². The molecule has 2 aliphatic carbocycles. The van der Waals surface area contributed by atoms with Crippen molar-refractivity contribution < 1.29 is 9.53 Å². The summed E-state index contributed by atoms with van der Waals surface area (Å²) in [7, 11) is 0. The molecule has 0 radical (unpaired) electrons. The molecule has 1 N–H and O–H groups in total. The van der Waals surface area contributed by atoms with Crippen LogP contribution in [0.3, 0.4) is 0 Å². The summed E-state index contributed by atoms with van der Waals surface area (Å²) in [6.45, 7) is 2.39. The third kappa shape index (κ3) is 5.08. The Morgan fingerprint density at radius 2 is 1.65 bits per heavy atom. The van der Waals surface area contributed by atoms with Crippen LogP contribution < -0.4 is 5.32 Å². The van der Waals surface area contributed by atoms with Gasteiger partial charge < -0.3 is 10.1 Å². The average Bonchev–Trinajstić information content (AvgIpc) is 2.49. The summed E-state index contributed by atoms with van der Waals surface area (Å²) in [6.07, 6.45) is 14.0. The van der Waals surface area contributed by atoms with Crippen molar-refractivity contribution in [3.63, 3.8) is 0 Å². The molecule has 0 heterocycles. The van der Waals surface area contributed by atoms with Crippen molar-refractivity contribution in [2.45, 2.75) is 89.6 Å². The van der Waals surface area contributed by atoms with Gasteiger partial charge in [0.2, 0.25) is 0 Å². The van der Waals surface area contributed by atoms with Crippen LogP contribution in [0, 0.1) is 5.92 Å². The van der Waals surface area contributed by atoms with E-state index in [1.165, 1.54) is 64.2 Å². The minimum Gasteiger partial charge on any atom is -0.465 e. The monoisotopic (exact) mass is 281 g/mol. The zero-order valence-electron chi connectivity index (χ0n) is 13.0. The predicted molar refractivity (Wildman–Crippen MR) is 81.6 cm³/mol. The van der Waals surface area contributed by atoms with E-state index in [9.17, 15) is 4.79 Å². The first kappa shape index (κ1) is 15.8. The van der Waals surface area contributed by atoms with Crippen molar-refractivity contribution in [3.05, 3.63) is 0 Å². The molecule has 3 heteroatoms. The van der Waals surface area contributed by atoms with Crippen molar-refractivity contribution in [1.29, 1.82) is 0 Å². The number of nitrogens with one attached hydrogen (secondary N) is 1. The topological polar surface area (TPSA) is 38.3 Å². The first-order valence-electron chi connectivity index (χ1n) is 8.72. The molecule has 0 aromatic heterocycles. The Balaban J connectivity index is 1.86. The molecular weight excluding hydrogens is 250 g/mol. The van der Waals surface area contributed by atoms with Crippen molar-refractivity contribution in [2.75, 3.05) is 6.61 Å². The average molecular weight is 281 g/mol. The molecule has 2 fully saturated rings. The molecule has 3 nitrogen and oxygen atoms in total. The van der Waals surface area contributed by atoms with Crippen LogP contribution in [0.15, 0.2) is 0 Å². The van der Waals surface area contributed by atoms with Crippen LogP contribution in [0.25, 0.3) is 0 Å². The summed E-state index contributed by atoms with van der Waals surface area (Å²) in [5.74, 6) is 0.692. The summed E-state index contributed by atoms with van der Waals surface area (Å²) < 4.78 is 5.29. The number of rotatable bonds is 6. The highest BCUT2D eigenvalue weighted by atomic mass is 16.5. The fourth-order valence-electron chi connectivity index (χ4n) is 3.79. The second-order valence-electron chi connectivity index (χ2n) is 6.55. The van der Waals surface area contributed by atoms with Gasteiger partial charge in [-0.1, -0.05) is 51.4 Å². The van der Waals surface area contributed by atoms with E-state index in [2.05, 4.69) is 5.32 Å². The van der Waals surface area contributed by atoms with Gasteiger partial charge in [-0.15, -0.1) is 0 Å². The highest BCUT2D eigenvalue weighted by Gasteiger charge is 2.27. The summed E-state index contributed by atoms with van der Waals surface area (Å²) >= 11 is 0. The molecule has 20 heavy (non-hydrogen) atoms. The summed E-state index contributed by atoms with van der Waals surface area (Å²) in [5.41, 5.74) is 0. The van der Waals surface area contributed by atoms with Crippen molar-refractivity contribution in [3.8, 4) is 0 Å². The molecule has 0 bridgehead atoms. The van der Waals surface area contributed by atoms with Crippen LogP contribution in [0.1, 0.15) is 77.6 Å². The molecule has 2 saturated carbocycles. The number of esters is 1. The number of carbonyl (C=O) groups excluding carboxylic acids is 1. The van der Waals surface area contributed by atoms with E-state index in [-0.39, 0.29) is 12.0 Å². The van der Waals surface area contributed by atoms with Gasteiger partial charge in [-0.05, 0) is 32.1 Å². The quantitative estimate of drug-likeness (QED) is 0.752. The number of hydrogen-bond donors (Lipinski definition) is 1. The van der Waals surface area contributed by atoms with Crippen LogP contribution in [-0.4, -0.2) is 24.7 Å². The minimum atomic E-state index is -0.0684. The Hall–Kier alpha value is -0.570. The standard InChI is InChI=1S/C17H31NO2/c1-2-20-17(19)16(13-14-9-5-3-6-10-14)18-15-11-7-4-8-12-15/h14-16,18H,2-13H2,1H3. The van der Waals surface area contributed by atoms with E-state index < -0.39 is 0 Å². The van der Waals surface area contributed by atoms with Crippen LogP contribution in [0.4, 0.5) is 0 Å². The maximum atomic E-state index is 12.2. The van der Waals surface area contributed by atoms with Crippen LogP contribution in [0.2, 0.25) is 0 Å². The zero-order valence-corrected chi connectivity index (χ0v) is 13.0. The van der Waals surface area contributed by atoms with Crippen LogP contribution in [-0.2, 0) is 9.53 Å². The molecule has 0 aliphatic heterocycles. The lowest BCUT2D eigenvalue weighted by atomic mass is 9.84. The maximum Gasteiger partial charge on any atom is 0.323 e. The van der Waals surface area contributed by atoms with Crippen LogP contribution >= 0.6 is 0 Å². The Morgan fingerprint density at radius 3 is 2.25 bits per heavy atom. The van der Waals surface area contributed by atoms with Gasteiger partial charge in [0.15, 0.2) is 0 Å². The molecule has 0 saturated heterocycles. The van der Waals surface area contributed by atoms with E-state index in [0.717, 1.165) is 6.42 Å². The summed E-state index contributed by atoms with van der Waals surface area (Å²) in [6, 6.07) is 0.461. The summed E-state index contributed by atoms with van der Waals surface area (Å²) in [4.78, 5) is 12.2. The van der Waals surface area contributed by atoms with E-state index in [4.69, 9.17) is 4.74 Å². The molecule has 0 spiro atoms. The lowest BCUT2D eigenvalue weighted by Crippen LogP contribution is -2.46. The van der Waals surface area contributed by atoms with E-state index in [0.29, 0.717) is 18.6 Å². The van der Waals surface area contributed by atoms with E-state index in [1.54, 1.807) is 0 Å². The van der Waals surface area contributed by atoms with Crippen molar-refractivity contribution in [1.82, 2.24) is 5.32 Å². The number of carbonyl (C=O) groups is 1. The highest BCUT2D eigenvalue weighted by molar-refractivity contribution is 5.75. The molecule has 0 aromatic rings. The third-order valence-electron chi connectivity index (χ3n) is 4.91. The second kappa shape index (κ2) is 8.66. The molecule has 1 unspecified atom stereocenters. The Morgan fingerprint density at radius 1 is 1.05 bits per heavy atom. The fourth-order valence-corrected chi connectivity index (χ4v) is 3.79. The third-order valence-corrected chi connectivity index (χ3v) is 4.91. The summed E-state index contributed by atoms with van der Waals surface area (Å²) in [5, 5.41) is 3.61. The van der Waals surface area contributed by atoms with Crippen molar-refractivity contribution >= 4 is 5.97 Å². The normalized spacial score (nSPS) is 23.4. The van der Waals surface area contributed by atoms with E-state index >= 15 is 0 Å². The van der Waals surface area contributed by atoms with Gasteiger partial charge in [0.1, 0.15) is 6.04 Å². The van der Waals surface area contributed by atoms with Gasteiger partial charge in [0, 0.05) is 6.04 Å². The predicted octanol–water partition coefficient (Wildman–Crippen LogP) is 3.81. The Bertz CT molecular complexity index is 261. The Kier molecular flexibility index (Phi) is 6.85. The fraction of sp³-hybridized carbons (Fsp3) is 0.941. The van der Waals surface area contributed by atoms with Crippen molar-refractivity contribution in [2.24, 2.45) is 5.92 Å². The van der Waals surface area contributed by atoms with E-state index in [1.807, 2.05) is 6.92 Å². The first-order chi connectivity index (χ1) is 9.79. The maximum absolute atomic E-state index is 12.2. The van der Waals surface area contributed by atoms with Gasteiger partial charge >= 0.3 is 5.97 Å². The lowest BCUT2D eigenvalue weighted by Gasteiger charge is -2.30. The first-order valence-corrected chi connectivity index (χ1v) is 8.72. The number of hydrogen-bond acceptors (Lipinski definition) is 3. The zero-order chi connectivity index (χ0) is 14.2. The smallest absolute Gasteiger partial charge is 0.323 e. The lowest BCUT2D eigenvalue weighted by molar-refractivity contribution is -0.146. The molecule has 2 aliphatic rings. The van der Waals surface area contributed by atoms with Gasteiger partial charge in [-0.3, -0.25) is 4.79 Å². The molecule has 116 valence electrons. The molecular formula is C17H31NO2. The molecule has 0 aromatic carbocycles. The Labute approximate surface area is 123 Å². The SMILES string of the molecule is CCOC(=O)C(CC1CCCCC1)NC1CCCCC1. The van der Waals surface area contributed by atoms with Gasteiger partial charge in [0.25, 0.3) is 0 Å². The minimum absolute atomic E-state index is 0.0244. The van der Waals surface area contributed by atoms with Gasteiger partial charge in [0.05, 0.1) is 6.61 Å². The molecule has 1 atom stereocenters. The highest BCUT2D eigenvalue weighted by Crippen LogP contribution is 2.28. The van der Waals surface area contributed by atoms with Crippen LogP contribution in [0.5, 0.6) is 0 Å². The van der Waals surface area contributed by atoms with Gasteiger partial charge in [-0.2, -0.15) is 0 Å². The molecule has 0 amide bonds. The number of ether oxygens (including phenoxy) is 1. The molecule has 2 rings (SSSR count). The second-order valence-corrected chi connectivity index (χ2v) is 6.55. The largest absolute Gasteiger partial charge is 0.465 e.